The lowest BCUT2D eigenvalue weighted by molar-refractivity contribution is -0.131. The molecule has 238 valence electrons. The van der Waals surface area contributed by atoms with Crippen molar-refractivity contribution in [3.8, 4) is 17.1 Å². The van der Waals surface area contributed by atoms with E-state index in [9.17, 15) is 18.8 Å². The molecule has 10 heteroatoms. The number of H-pyrrole nitrogens is 1. The summed E-state index contributed by atoms with van der Waals surface area (Å²) in [6, 6.07) is 13.6. The zero-order valence-corrected chi connectivity index (χ0v) is 25.7. The smallest absolute Gasteiger partial charge is 0.328 e. The standard InChI is InChI=1S/C36H37FN4O5/c1-2-46-30-20-26(13-9-22(30)11-16-31(42)43)39-35(45)36(17-6-18-36)41-34(44)24-10-14-27-29(19-24)40-33(28-15-12-25(37)21-38-28)32(27)23-7-4-3-5-8-23/h9-16,19-21,23,40H,2-8,17-18H2,1H3,(H,39,45)(H,41,44)(H,42,43)/b16-11+. The Bertz CT molecular complexity index is 1800. The van der Waals surface area contributed by atoms with Crippen molar-refractivity contribution in [2.45, 2.75) is 69.7 Å². The number of halogens is 1. The highest BCUT2D eigenvalue weighted by Gasteiger charge is 2.45. The van der Waals surface area contributed by atoms with Gasteiger partial charge in [0.1, 0.15) is 17.1 Å². The zero-order valence-electron chi connectivity index (χ0n) is 25.7. The summed E-state index contributed by atoms with van der Waals surface area (Å²) >= 11 is 0. The van der Waals surface area contributed by atoms with E-state index in [4.69, 9.17) is 9.84 Å². The number of carboxylic acid groups (broad SMARTS) is 1. The minimum Gasteiger partial charge on any atom is -0.493 e. The van der Waals surface area contributed by atoms with Crippen LogP contribution in [0, 0.1) is 5.82 Å². The fourth-order valence-electron chi connectivity index (χ4n) is 6.57. The van der Waals surface area contributed by atoms with Gasteiger partial charge in [-0.3, -0.25) is 14.6 Å². The Kier molecular flexibility index (Phi) is 8.87. The van der Waals surface area contributed by atoms with E-state index in [1.54, 1.807) is 30.3 Å². The highest BCUT2D eigenvalue weighted by atomic mass is 19.1. The summed E-state index contributed by atoms with van der Waals surface area (Å²) in [7, 11) is 0. The van der Waals surface area contributed by atoms with Crippen molar-refractivity contribution < 1.29 is 28.6 Å². The zero-order chi connectivity index (χ0) is 32.3. The number of nitrogens with one attached hydrogen (secondary N) is 3. The minimum absolute atomic E-state index is 0.325. The summed E-state index contributed by atoms with van der Waals surface area (Å²) in [6.07, 6.45) is 11.1. The molecule has 2 aliphatic rings. The number of carbonyl (C=O) groups excluding carboxylic acids is 2. The number of anilines is 1. The van der Waals surface area contributed by atoms with Crippen LogP contribution in [-0.4, -0.2) is 45.0 Å². The second kappa shape index (κ2) is 13.2. The van der Waals surface area contributed by atoms with Crippen LogP contribution in [0.1, 0.15) is 85.7 Å². The van der Waals surface area contributed by atoms with E-state index in [-0.39, 0.29) is 11.8 Å². The van der Waals surface area contributed by atoms with Crippen LogP contribution >= 0.6 is 0 Å². The van der Waals surface area contributed by atoms with Crippen LogP contribution in [0.15, 0.2) is 60.8 Å². The highest BCUT2D eigenvalue weighted by Crippen LogP contribution is 2.42. The molecule has 0 aliphatic heterocycles. The van der Waals surface area contributed by atoms with Crippen LogP contribution in [0.3, 0.4) is 0 Å². The monoisotopic (exact) mass is 624 g/mol. The third kappa shape index (κ3) is 6.38. The van der Waals surface area contributed by atoms with Gasteiger partial charge < -0.3 is 25.5 Å². The number of ether oxygens (including phenoxy) is 1. The number of nitrogens with zero attached hydrogens (tertiary/aromatic N) is 1. The van der Waals surface area contributed by atoms with Gasteiger partial charge in [-0.25, -0.2) is 9.18 Å². The lowest BCUT2D eigenvalue weighted by atomic mass is 9.75. The first-order valence-electron chi connectivity index (χ1n) is 15.9. The Hall–Kier alpha value is -4.99. The predicted octanol–water partition coefficient (Wildman–Crippen LogP) is 7.20. The first-order chi connectivity index (χ1) is 22.3. The number of rotatable bonds is 10. The van der Waals surface area contributed by atoms with Crippen molar-refractivity contribution >= 4 is 40.4 Å². The van der Waals surface area contributed by atoms with Crippen molar-refractivity contribution in [3.63, 3.8) is 0 Å². The summed E-state index contributed by atoms with van der Waals surface area (Å²) < 4.78 is 19.4. The number of hydrogen-bond donors (Lipinski definition) is 4. The number of carboxylic acids is 1. The number of aromatic nitrogens is 2. The third-order valence-electron chi connectivity index (χ3n) is 9.07. The van der Waals surface area contributed by atoms with Crippen LogP contribution in [0.5, 0.6) is 5.75 Å². The maximum atomic E-state index is 13.7. The number of hydrogen-bond acceptors (Lipinski definition) is 5. The molecule has 2 amide bonds. The van der Waals surface area contributed by atoms with Gasteiger partial charge in [0, 0.05) is 39.9 Å². The van der Waals surface area contributed by atoms with Gasteiger partial charge in [-0.05, 0) is 93.0 Å². The maximum absolute atomic E-state index is 13.7. The molecule has 2 saturated carbocycles. The minimum atomic E-state index is -1.08. The molecule has 2 aromatic carbocycles. The van der Waals surface area contributed by atoms with Crippen molar-refractivity contribution in [1.82, 2.24) is 15.3 Å². The topological polar surface area (TPSA) is 133 Å². The number of carbonyl (C=O) groups is 3. The summed E-state index contributed by atoms with van der Waals surface area (Å²) in [4.78, 5) is 46.0. The number of pyridine rings is 1. The fourth-order valence-corrected chi connectivity index (χ4v) is 6.57. The lowest BCUT2D eigenvalue weighted by Crippen LogP contribution is -2.61. The molecular weight excluding hydrogens is 587 g/mol. The predicted molar refractivity (Wildman–Crippen MR) is 174 cm³/mol. The summed E-state index contributed by atoms with van der Waals surface area (Å²) in [5.41, 5.74) is 3.87. The fraction of sp³-hybridized carbons (Fsp3) is 0.333. The van der Waals surface area contributed by atoms with Gasteiger partial charge in [0.25, 0.3) is 5.91 Å². The van der Waals surface area contributed by atoms with Crippen molar-refractivity contribution in [3.05, 3.63) is 83.3 Å². The Morgan fingerprint density at radius 1 is 1.07 bits per heavy atom. The molecule has 2 aromatic heterocycles. The van der Waals surface area contributed by atoms with E-state index < -0.39 is 17.3 Å². The lowest BCUT2D eigenvalue weighted by Gasteiger charge is -2.40. The van der Waals surface area contributed by atoms with Gasteiger partial charge >= 0.3 is 5.97 Å². The molecule has 0 radical (unpaired) electrons. The Morgan fingerprint density at radius 3 is 2.54 bits per heavy atom. The summed E-state index contributed by atoms with van der Waals surface area (Å²) in [5.74, 6) is -1.37. The number of amides is 2. The number of aromatic amines is 1. The average Bonchev–Trinajstić information content (AvgIpc) is 3.42. The molecule has 6 rings (SSSR count). The van der Waals surface area contributed by atoms with E-state index in [0.29, 0.717) is 53.6 Å². The van der Waals surface area contributed by atoms with Gasteiger partial charge in [0.15, 0.2) is 0 Å². The van der Waals surface area contributed by atoms with Crippen LogP contribution in [-0.2, 0) is 9.59 Å². The molecule has 4 N–H and O–H groups in total. The van der Waals surface area contributed by atoms with Crippen molar-refractivity contribution in [2.24, 2.45) is 0 Å². The van der Waals surface area contributed by atoms with Gasteiger partial charge in [-0.2, -0.15) is 0 Å². The quantitative estimate of drug-likeness (QED) is 0.138. The molecule has 2 aliphatic carbocycles. The SMILES string of the molecule is CCOc1cc(NC(=O)C2(NC(=O)c3ccc4c(C5CCCCC5)c(-c5ccc(F)cn5)[nH]c4c3)CCC2)ccc1/C=C/C(=O)O. The normalized spacial score (nSPS) is 16.2. The molecule has 4 aromatic rings. The van der Waals surface area contributed by atoms with E-state index in [2.05, 4.69) is 20.6 Å². The maximum Gasteiger partial charge on any atom is 0.328 e. The van der Waals surface area contributed by atoms with Crippen molar-refractivity contribution in [2.75, 3.05) is 11.9 Å². The highest BCUT2D eigenvalue weighted by molar-refractivity contribution is 6.06. The molecule has 0 unspecified atom stereocenters. The Balaban J connectivity index is 1.24. The molecule has 0 saturated heterocycles. The molecular formula is C36H37FN4O5. The van der Waals surface area contributed by atoms with Gasteiger partial charge in [0.05, 0.1) is 24.2 Å². The Morgan fingerprint density at radius 2 is 1.87 bits per heavy atom. The van der Waals surface area contributed by atoms with E-state index in [0.717, 1.165) is 60.3 Å². The molecule has 0 atom stereocenters. The van der Waals surface area contributed by atoms with Gasteiger partial charge in [-0.1, -0.05) is 25.3 Å². The molecule has 0 bridgehead atoms. The number of aliphatic carboxylic acids is 1. The number of benzene rings is 2. The first-order valence-corrected chi connectivity index (χ1v) is 15.9. The molecule has 9 nitrogen and oxygen atoms in total. The Labute approximate surface area is 266 Å². The third-order valence-corrected chi connectivity index (χ3v) is 9.07. The van der Waals surface area contributed by atoms with E-state index >= 15 is 0 Å². The second-order valence-electron chi connectivity index (χ2n) is 12.1. The van der Waals surface area contributed by atoms with Crippen LogP contribution in [0.2, 0.25) is 0 Å². The second-order valence-corrected chi connectivity index (χ2v) is 12.1. The molecule has 46 heavy (non-hydrogen) atoms. The van der Waals surface area contributed by atoms with Gasteiger partial charge in [0.2, 0.25) is 5.91 Å². The molecule has 2 fully saturated rings. The molecule has 2 heterocycles. The van der Waals surface area contributed by atoms with E-state index in [1.807, 2.05) is 19.1 Å². The number of fused-ring (bicyclic) bond motifs is 1. The molecule has 0 spiro atoms. The van der Waals surface area contributed by atoms with Crippen LogP contribution in [0.25, 0.3) is 28.4 Å². The largest absolute Gasteiger partial charge is 0.493 e. The average molecular weight is 625 g/mol. The van der Waals surface area contributed by atoms with Crippen LogP contribution < -0.4 is 15.4 Å². The first kappa shape index (κ1) is 31.0. The summed E-state index contributed by atoms with van der Waals surface area (Å²) in [6.45, 7) is 2.18. The van der Waals surface area contributed by atoms with Gasteiger partial charge in [-0.15, -0.1) is 0 Å². The van der Waals surface area contributed by atoms with E-state index in [1.165, 1.54) is 24.8 Å². The van der Waals surface area contributed by atoms with Crippen LogP contribution in [0.4, 0.5) is 10.1 Å². The summed E-state index contributed by atoms with van der Waals surface area (Å²) in [5, 5.41) is 15.9. The van der Waals surface area contributed by atoms with Crippen molar-refractivity contribution in [1.29, 1.82) is 0 Å².